The molecule has 0 aromatic heterocycles. The fourth-order valence-corrected chi connectivity index (χ4v) is 2.19. The molecular formula is C8H17N3O3S2. The molecule has 1 atom stereocenters. The molecule has 0 spiro atoms. The number of nitrogens with one attached hydrogen (secondary N) is 2. The molecule has 1 amide bonds. The van der Waals surface area contributed by atoms with Crippen molar-refractivity contribution < 1.29 is 13.2 Å². The third-order valence-electron chi connectivity index (χ3n) is 1.90. The van der Waals surface area contributed by atoms with Crippen LogP contribution >= 0.6 is 12.2 Å². The van der Waals surface area contributed by atoms with Crippen molar-refractivity contribution in [2.45, 2.75) is 25.5 Å². The molecule has 0 fully saturated rings. The maximum atomic E-state index is 11.5. The lowest BCUT2D eigenvalue weighted by Gasteiger charge is -2.12. The van der Waals surface area contributed by atoms with Crippen molar-refractivity contribution in [1.29, 1.82) is 0 Å². The first-order valence-corrected chi connectivity index (χ1v) is 6.81. The van der Waals surface area contributed by atoms with Crippen molar-refractivity contribution in [2.75, 3.05) is 13.1 Å². The molecule has 4 N–H and O–H groups in total. The first-order valence-electron chi connectivity index (χ1n) is 4.85. The van der Waals surface area contributed by atoms with Gasteiger partial charge in [0.15, 0.2) is 0 Å². The SMILES string of the molecule is CCNC(=O)CCNS(=O)(=O)C(C)C(N)=S. The van der Waals surface area contributed by atoms with E-state index in [0.29, 0.717) is 6.54 Å². The minimum atomic E-state index is -3.57. The van der Waals surface area contributed by atoms with E-state index in [0.717, 1.165) is 0 Å². The lowest BCUT2D eigenvalue weighted by atomic mass is 10.4. The zero-order chi connectivity index (χ0) is 12.8. The van der Waals surface area contributed by atoms with Crippen LogP contribution in [-0.4, -0.2) is 37.7 Å². The van der Waals surface area contributed by atoms with Gasteiger partial charge in [0.2, 0.25) is 15.9 Å². The molecule has 8 heteroatoms. The zero-order valence-electron chi connectivity index (χ0n) is 9.32. The van der Waals surface area contributed by atoms with Gasteiger partial charge in [0, 0.05) is 19.5 Å². The molecule has 6 nitrogen and oxygen atoms in total. The highest BCUT2D eigenvalue weighted by molar-refractivity contribution is 7.93. The van der Waals surface area contributed by atoms with E-state index in [4.69, 9.17) is 5.73 Å². The summed E-state index contributed by atoms with van der Waals surface area (Å²) < 4.78 is 25.3. The summed E-state index contributed by atoms with van der Waals surface area (Å²) in [6, 6.07) is 0. The molecule has 0 aromatic rings. The summed E-state index contributed by atoms with van der Waals surface area (Å²) in [5, 5.41) is 1.63. The molecule has 1 unspecified atom stereocenters. The van der Waals surface area contributed by atoms with E-state index in [1.54, 1.807) is 6.92 Å². The highest BCUT2D eigenvalue weighted by Crippen LogP contribution is 1.98. The average molecular weight is 267 g/mol. The Balaban J connectivity index is 4.11. The molecule has 0 aliphatic rings. The number of thiocarbonyl (C=S) groups is 1. The Hall–Kier alpha value is -0.730. The second-order valence-electron chi connectivity index (χ2n) is 3.19. The van der Waals surface area contributed by atoms with Crippen LogP contribution in [0.4, 0.5) is 0 Å². The van der Waals surface area contributed by atoms with Crippen LogP contribution in [0.25, 0.3) is 0 Å². The summed E-state index contributed by atoms with van der Waals surface area (Å²) in [5.41, 5.74) is 5.23. The standard InChI is InChI=1S/C8H17N3O3S2/c1-3-10-7(12)4-5-11-16(13,14)6(2)8(9)15/h6,11H,3-5H2,1-2H3,(H2,9,15)(H,10,12). The predicted molar refractivity (Wildman–Crippen MR) is 66.5 cm³/mol. The van der Waals surface area contributed by atoms with Crippen molar-refractivity contribution in [3.05, 3.63) is 0 Å². The number of nitrogens with two attached hydrogens (primary N) is 1. The summed E-state index contributed by atoms with van der Waals surface area (Å²) in [4.78, 5) is 10.9. The normalized spacial score (nSPS) is 13.1. The molecule has 0 aliphatic heterocycles. The van der Waals surface area contributed by atoms with Crippen LogP contribution in [0, 0.1) is 0 Å². The number of hydrogen-bond acceptors (Lipinski definition) is 4. The molecular weight excluding hydrogens is 250 g/mol. The van der Waals surface area contributed by atoms with Gasteiger partial charge in [-0.15, -0.1) is 0 Å². The van der Waals surface area contributed by atoms with Gasteiger partial charge < -0.3 is 11.1 Å². The lowest BCUT2D eigenvalue weighted by Crippen LogP contribution is -2.41. The molecule has 0 aliphatic carbocycles. The van der Waals surface area contributed by atoms with Gasteiger partial charge >= 0.3 is 0 Å². The Kier molecular flexibility index (Phi) is 6.46. The van der Waals surface area contributed by atoms with E-state index in [9.17, 15) is 13.2 Å². The van der Waals surface area contributed by atoms with E-state index in [-0.39, 0.29) is 23.9 Å². The summed E-state index contributed by atoms with van der Waals surface area (Å²) in [6.45, 7) is 3.75. The van der Waals surface area contributed by atoms with Gasteiger partial charge in [0.05, 0.1) is 4.99 Å². The smallest absolute Gasteiger partial charge is 0.221 e. The minimum absolute atomic E-state index is 0.0428. The van der Waals surface area contributed by atoms with Gasteiger partial charge in [-0.05, 0) is 13.8 Å². The number of carbonyl (C=O) groups is 1. The van der Waals surface area contributed by atoms with Crippen LogP contribution in [0.1, 0.15) is 20.3 Å². The zero-order valence-corrected chi connectivity index (χ0v) is 11.0. The number of rotatable bonds is 7. The quantitative estimate of drug-likeness (QED) is 0.519. The van der Waals surface area contributed by atoms with E-state index in [2.05, 4.69) is 22.3 Å². The fraction of sp³-hybridized carbons (Fsp3) is 0.750. The second-order valence-corrected chi connectivity index (χ2v) is 5.74. The summed E-state index contributed by atoms with van der Waals surface area (Å²) in [5.74, 6) is -0.201. The number of sulfonamides is 1. The first-order chi connectivity index (χ1) is 7.31. The molecule has 0 saturated heterocycles. The molecule has 94 valence electrons. The Bertz CT molecular complexity index is 354. The molecule has 0 saturated carbocycles. The maximum absolute atomic E-state index is 11.5. The van der Waals surface area contributed by atoms with Gasteiger partial charge in [-0.2, -0.15) is 0 Å². The highest BCUT2D eigenvalue weighted by atomic mass is 32.2. The monoisotopic (exact) mass is 267 g/mol. The second kappa shape index (κ2) is 6.77. The molecule has 0 bridgehead atoms. The lowest BCUT2D eigenvalue weighted by molar-refractivity contribution is -0.120. The van der Waals surface area contributed by atoms with Crippen LogP contribution in [-0.2, 0) is 14.8 Å². The van der Waals surface area contributed by atoms with Crippen molar-refractivity contribution in [2.24, 2.45) is 5.73 Å². The largest absolute Gasteiger partial charge is 0.392 e. The topological polar surface area (TPSA) is 101 Å². The number of amides is 1. The minimum Gasteiger partial charge on any atom is -0.392 e. The van der Waals surface area contributed by atoms with Crippen LogP contribution in [0.15, 0.2) is 0 Å². The van der Waals surface area contributed by atoms with Gasteiger partial charge in [-0.25, -0.2) is 13.1 Å². The molecule has 0 radical (unpaired) electrons. The third-order valence-corrected chi connectivity index (χ3v) is 4.19. The van der Waals surface area contributed by atoms with Crippen molar-refractivity contribution in [1.82, 2.24) is 10.0 Å². The van der Waals surface area contributed by atoms with Gasteiger partial charge in [-0.1, -0.05) is 12.2 Å². The van der Waals surface area contributed by atoms with Gasteiger partial charge in [0.1, 0.15) is 5.25 Å². The van der Waals surface area contributed by atoms with Gasteiger partial charge in [-0.3, -0.25) is 4.79 Å². The highest BCUT2D eigenvalue weighted by Gasteiger charge is 2.22. The van der Waals surface area contributed by atoms with Crippen molar-refractivity contribution >= 4 is 33.1 Å². The Morgan fingerprint density at radius 1 is 1.50 bits per heavy atom. The van der Waals surface area contributed by atoms with Crippen molar-refractivity contribution in [3.63, 3.8) is 0 Å². The molecule has 0 heterocycles. The summed E-state index contributed by atoms with van der Waals surface area (Å²) in [6.07, 6.45) is 0.0944. The molecule has 16 heavy (non-hydrogen) atoms. The van der Waals surface area contributed by atoms with Crippen LogP contribution < -0.4 is 15.8 Å². The molecule has 0 rings (SSSR count). The first kappa shape index (κ1) is 15.3. The molecule has 0 aromatic carbocycles. The fourth-order valence-electron chi connectivity index (χ4n) is 0.870. The Labute approximate surface area is 101 Å². The van der Waals surface area contributed by atoms with E-state index < -0.39 is 15.3 Å². The average Bonchev–Trinajstić information content (AvgIpc) is 2.16. The maximum Gasteiger partial charge on any atom is 0.221 e. The Morgan fingerprint density at radius 3 is 2.50 bits per heavy atom. The summed E-state index contributed by atoms with van der Waals surface area (Å²) in [7, 11) is -3.57. The number of hydrogen-bond donors (Lipinski definition) is 3. The van der Waals surface area contributed by atoms with Crippen molar-refractivity contribution in [3.8, 4) is 0 Å². The predicted octanol–water partition coefficient (Wildman–Crippen LogP) is -0.893. The third kappa shape index (κ3) is 5.38. The van der Waals surface area contributed by atoms with Gasteiger partial charge in [0.25, 0.3) is 0 Å². The van der Waals surface area contributed by atoms with E-state index in [1.807, 2.05) is 0 Å². The Morgan fingerprint density at radius 2 is 2.06 bits per heavy atom. The van der Waals surface area contributed by atoms with E-state index in [1.165, 1.54) is 6.92 Å². The summed E-state index contributed by atoms with van der Waals surface area (Å²) >= 11 is 4.59. The van der Waals surface area contributed by atoms with Crippen LogP contribution in [0.2, 0.25) is 0 Å². The van der Waals surface area contributed by atoms with E-state index >= 15 is 0 Å². The number of carbonyl (C=O) groups excluding carboxylic acids is 1. The van der Waals surface area contributed by atoms with Crippen LogP contribution in [0.5, 0.6) is 0 Å². The van der Waals surface area contributed by atoms with Crippen LogP contribution in [0.3, 0.4) is 0 Å².